The van der Waals surface area contributed by atoms with Crippen LogP contribution >= 0.6 is 11.6 Å². The molecule has 2 aliphatic carbocycles. The van der Waals surface area contributed by atoms with Crippen molar-refractivity contribution in [2.24, 2.45) is 0 Å². The third kappa shape index (κ3) is 1.59. The molecule has 0 saturated heterocycles. The lowest BCUT2D eigenvalue weighted by Crippen LogP contribution is -2.28. The van der Waals surface area contributed by atoms with Crippen molar-refractivity contribution in [3.05, 3.63) is 58.5 Å². The predicted octanol–water partition coefficient (Wildman–Crippen LogP) is 3.61. The molecule has 0 aliphatic heterocycles. The van der Waals surface area contributed by atoms with E-state index in [1.54, 1.807) is 12.1 Å². The van der Waals surface area contributed by atoms with Crippen LogP contribution in [0.25, 0.3) is 11.3 Å². The Morgan fingerprint density at radius 2 is 2.23 bits per heavy atom. The predicted molar refractivity (Wildman–Crippen MR) is 82.3 cm³/mol. The smallest absolute Gasteiger partial charge is 0.134 e. The van der Waals surface area contributed by atoms with E-state index in [2.05, 4.69) is 16.8 Å². The molecule has 3 nitrogen and oxygen atoms in total. The van der Waals surface area contributed by atoms with Crippen LogP contribution in [0.3, 0.4) is 0 Å². The third-order valence-electron chi connectivity index (χ3n) is 5.04. The van der Waals surface area contributed by atoms with Gasteiger partial charge in [-0.1, -0.05) is 29.8 Å². The molecule has 0 spiro atoms. The van der Waals surface area contributed by atoms with Crippen molar-refractivity contribution in [2.75, 3.05) is 6.61 Å². The minimum atomic E-state index is -0.468. The molecule has 0 unspecified atom stereocenters. The van der Waals surface area contributed by atoms with Crippen molar-refractivity contribution in [1.29, 1.82) is 0 Å². The highest BCUT2D eigenvalue weighted by Gasteiger charge is 2.53. The number of hydrogen-bond donors (Lipinski definition) is 1. The SMILES string of the molecule is C=C1[C@@H]2CC[C@@]1(CO)c1nnc(-c3c(F)cccc3Cl)cc12. The molecule has 4 rings (SSSR count). The number of aliphatic hydroxyl groups excluding tert-OH is 1. The van der Waals surface area contributed by atoms with E-state index >= 15 is 0 Å². The van der Waals surface area contributed by atoms with Crippen LogP contribution < -0.4 is 0 Å². The number of aliphatic hydroxyl groups is 1. The molecule has 0 radical (unpaired) electrons. The monoisotopic (exact) mass is 316 g/mol. The lowest BCUT2D eigenvalue weighted by atomic mass is 9.82. The van der Waals surface area contributed by atoms with Crippen LogP contribution in [-0.4, -0.2) is 21.9 Å². The summed E-state index contributed by atoms with van der Waals surface area (Å²) in [5.41, 5.74) is 3.00. The first-order valence-electron chi connectivity index (χ1n) is 7.21. The molecule has 2 aromatic rings. The van der Waals surface area contributed by atoms with Gasteiger partial charge in [-0.3, -0.25) is 0 Å². The first-order valence-corrected chi connectivity index (χ1v) is 7.59. The maximum atomic E-state index is 14.1. The highest BCUT2D eigenvalue weighted by atomic mass is 35.5. The summed E-state index contributed by atoms with van der Waals surface area (Å²) in [6.07, 6.45) is 1.77. The largest absolute Gasteiger partial charge is 0.395 e. The van der Waals surface area contributed by atoms with E-state index in [9.17, 15) is 9.50 Å². The van der Waals surface area contributed by atoms with E-state index in [1.165, 1.54) is 6.07 Å². The van der Waals surface area contributed by atoms with Crippen LogP contribution in [0, 0.1) is 5.82 Å². The van der Waals surface area contributed by atoms with Gasteiger partial charge in [-0.05, 0) is 36.6 Å². The van der Waals surface area contributed by atoms with E-state index in [1.807, 2.05) is 6.07 Å². The van der Waals surface area contributed by atoms with Gasteiger partial charge in [0.25, 0.3) is 0 Å². The molecule has 5 heteroatoms. The molecule has 1 aromatic heterocycles. The van der Waals surface area contributed by atoms with Crippen LogP contribution in [0.1, 0.15) is 30.0 Å². The van der Waals surface area contributed by atoms with Gasteiger partial charge in [0.2, 0.25) is 0 Å². The summed E-state index contributed by atoms with van der Waals surface area (Å²) in [6, 6.07) is 6.40. The van der Waals surface area contributed by atoms with Crippen molar-refractivity contribution in [3.8, 4) is 11.3 Å². The van der Waals surface area contributed by atoms with Crippen LogP contribution in [-0.2, 0) is 5.41 Å². The molecular weight excluding hydrogens is 303 g/mol. The summed E-state index contributed by atoms with van der Waals surface area (Å²) in [6.45, 7) is 4.14. The average molecular weight is 317 g/mol. The van der Waals surface area contributed by atoms with E-state index in [-0.39, 0.29) is 18.1 Å². The Kier molecular flexibility index (Phi) is 2.90. The zero-order valence-electron chi connectivity index (χ0n) is 11.8. The molecule has 1 N–H and O–H groups in total. The molecule has 112 valence electrons. The van der Waals surface area contributed by atoms with E-state index in [4.69, 9.17) is 11.6 Å². The van der Waals surface area contributed by atoms with Gasteiger partial charge in [-0.2, -0.15) is 10.2 Å². The van der Waals surface area contributed by atoms with Crippen LogP contribution in [0.5, 0.6) is 0 Å². The van der Waals surface area contributed by atoms with Gasteiger partial charge in [-0.15, -0.1) is 0 Å². The third-order valence-corrected chi connectivity index (χ3v) is 5.35. The summed E-state index contributed by atoms with van der Waals surface area (Å²) in [4.78, 5) is 0. The Bertz CT molecular complexity index is 787. The van der Waals surface area contributed by atoms with Gasteiger partial charge in [0, 0.05) is 5.92 Å². The van der Waals surface area contributed by atoms with Gasteiger partial charge in [0.05, 0.1) is 34.0 Å². The van der Waals surface area contributed by atoms with Crippen LogP contribution in [0.2, 0.25) is 5.02 Å². The lowest BCUT2D eigenvalue weighted by molar-refractivity contribution is 0.217. The second-order valence-corrected chi connectivity index (χ2v) is 6.39. The zero-order chi connectivity index (χ0) is 15.5. The summed E-state index contributed by atoms with van der Waals surface area (Å²) < 4.78 is 14.1. The van der Waals surface area contributed by atoms with Gasteiger partial charge >= 0.3 is 0 Å². The fraction of sp³-hybridized carbons (Fsp3) is 0.294. The van der Waals surface area contributed by atoms with E-state index < -0.39 is 11.2 Å². The summed E-state index contributed by atoms with van der Waals surface area (Å²) >= 11 is 6.11. The standard InChI is InChI=1S/C17H14ClFN2O/c1-9-10-5-6-17(9,8-22)16-11(10)7-14(20-21-16)15-12(18)3-2-4-13(15)19/h2-4,7,10,22H,1,5-6,8H2/t10-,17-/m0/s1. The van der Waals surface area contributed by atoms with Crippen LogP contribution in [0.15, 0.2) is 36.4 Å². The molecule has 22 heavy (non-hydrogen) atoms. The number of nitrogens with zero attached hydrogens (tertiary/aromatic N) is 2. The van der Waals surface area contributed by atoms with E-state index in [0.717, 1.165) is 29.7 Å². The molecule has 2 atom stereocenters. The van der Waals surface area contributed by atoms with Gasteiger partial charge in [0.1, 0.15) is 5.82 Å². The van der Waals surface area contributed by atoms with Crippen molar-refractivity contribution in [3.63, 3.8) is 0 Å². The van der Waals surface area contributed by atoms with E-state index in [0.29, 0.717) is 10.7 Å². The Labute approximate surface area is 132 Å². The normalized spacial score (nSPS) is 25.6. The number of benzene rings is 1. The minimum absolute atomic E-state index is 0.0101. The lowest BCUT2D eigenvalue weighted by Gasteiger charge is -2.25. The number of rotatable bonds is 2. The molecule has 1 heterocycles. The molecule has 2 aliphatic rings. The minimum Gasteiger partial charge on any atom is -0.395 e. The number of halogens is 2. The highest BCUT2D eigenvalue weighted by Crippen LogP contribution is 2.59. The Morgan fingerprint density at radius 3 is 2.95 bits per heavy atom. The number of fused-ring (bicyclic) bond motifs is 5. The number of aromatic nitrogens is 2. The first kappa shape index (κ1) is 13.9. The van der Waals surface area contributed by atoms with Crippen molar-refractivity contribution in [2.45, 2.75) is 24.2 Å². The van der Waals surface area contributed by atoms with Gasteiger partial charge < -0.3 is 5.11 Å². The molecule has 1 aromatic carbocycles. The summed E-state index contributed by atoms with van der Waals surface area (Å²) in [5, 5.41) is 18.6. The highest BCUT2D eigenvalue weighted by molar-refractivity contribution is 6.33. The fourth-order valence-corrected chi connectivity index (χ4v) is 4.10. The molecule has 0 amide bonds. The van der Waals surface area contributed by atoms with Crippen LogP contribution in [0.4, 0.5) is 4.39 Å². The summed E-state index contributed by atoms with van der Waals surface area (Å²) in [7, 11) is 0. The zero-order valence-corrected chi connectivity index (χ0v) is 12.6. The Morgan fingerprint density at radius 1 is 1.41 bits per heavy atom. The Balaban J connectivity index is 1.91. The fourth-order valence-electron chi connectivity index (χ4n) is 3.84. The van der Waals surface area contributed by atoms with Crippen molar-refractivity contribution < 1.29 is 9.50 Å². The Hall–Kier alpha value is -1.78. The molecular formula is C17H14ClFN2O. The summed E-state index contributed by atoms with van der Waals surface area (Å²) in [5.74, 6) is -0.248. The number of hydrogen-bond acceptors (Lipinski definition) is 3. The van der Waals surface area contributed by atoms with Gasteiger partial charge in [0.15, 0.2) is 0 Å². The maximum Gasteiger partial charge on any atom is 0.134 e. The molecule has 2 bridgehead atoms. The average Bonchev–Trinajstić information content (AvgIpc) is 2.96. The van der Waals surface area contributed by atoms with Gasteiger partial charge in [-0.25, -0.2) is 4.39 Å². The first-order chi connectivity index (χ1) is 10.6. The van der Waals surface area contributed by atoms with Crippen molar-refractivity contribution in [1.82, 2.24) is 10.2 Å². The quantitative estimate of drug-likeness (QED) is 0.861. The molecule has 1 fully saturated rings. The maximum absolute atomic E-state index is 14.1. The second kappa shape index (κ2) is 4.61. The topological polar surface area (TPSA) is 46.0 Å². The molecule has 1 saturated carbocycles. The second-order valence-electron chi connectivity index (χ2n) is 5.99. The van der Waals surface area contributed by atoms with Crippen molar-refractivity contribution >= 4 is 11.6 Å².